The van der Waals surface area contributed by atoms with Crippen LogP contribution in [-0.2, 0) is 6.42 Å². The minimum absolute atomic E-state index is 0.0551. The molecule has 0 radical (unpaired) electrons. The van der Waals surface area contributed by atoms with Crippen LogP contribution < -0.4 is 10.5 Å². The van der Waals surface area contributed by atoms with E-state index in [2.05, 4.69) is 25.0 Å². The molecule has 1 aromatic carbocycles. The van der Waals surface area contributed by atoms with Gasteiger partial charge in [0.2, 0.25) is 5.95 Å². The van der Waals surface area contributed by atoms with Crippen molar-refractivity contribution in [1.82, 2.24) is 29.7 Å². The van der Waals surface area contributed by atoms with E-state index >= 15 is 0 Å². The molecule has 0 aliphatic carbocycles. The zero-order valence-corrected chi connectivity index (χ0v) is 11.3. The van der Waals surface area contributed by atoms with Crippen molar-refractivity contribution in [3.05, 3.63) is 42.5 Å². The zero-order valence-electron chi connectivity index (χ0n) is 11.3. The maximum Gasteiger partial charge on any atom is 0.328 e. The van der Waals surface area contributed by atoms with Crippen molar-refractivity contribution in [2.45, 2.75) is 13.3 Å². The number of nitrogens with two attached hydrogens (primary N) is 1. The van der Waals surface area contributed by atoms with Crippen molar-refractivity contribution >= 4 is 5.95 Å². The molecule has 8 heteroatoms. The lowest BCUT2D eigenvalue weighted by atomic mass is 10.1. The van der Waals surface area contributed by atoms with Gasteiger partial charge in [0.1, 0.15) is 18.4 Å². The third-order valence-corrected chi connectivity index (χ3v) is 2.80. The summed E-state index contributed by atoms with van der Waals surface area (Å²) in [5.41, 5.74) is 6.74. The monoisotopic (exact) mass is 283 g/mol. The van der Waals surface area contributed by atoms with E-state index in [4.69, 9.17) is 10.5 Å². The van der Waals surface area contributed by atoms with Crippen LogP contribution in [-0.4, -0.2) is 29.7 Å². The number of nitrogen functional groups attached to an aromatic ring is 1. The van der Waals surface area contributed by atoms with E-state index < -0.39 is 0 Å². The van der Waals surface area contributed by atoms with Crippen LogP contribution in [0, 0.1) is 0 Å². The maximum atomic E-state index is 5.72. The molecule has 3 aromatic rings. The molecule has 0 amide bonds. The Morgan fingerprint density at radius 2 is 2.05 bits per heavy atom. The first kappa shape index (κ1) is 13.0. The van der Waals surface area contributed by atoms with Crippen molar-refractivity contribution in [3.8, 4) is 17.7 Å². The first-order valence-electron chi connectivity index (χ1n) is 6.38. The largest absolute Gasteiger partial charge is 0.424 e. The number of benzene rings is 1. The SMILES string of the molecule is CCc1ccccc1Oc1nc(N)nc(-n2cncn2)n1. The summed E-state index contributed by atoms with van der Waals surface area (Å²) < 4.78 is 7.10. The molecule has 8 nitrogen and oxygen atoms in total. The maximum absolute atomic E-state index is 5.72. The Morgan fingerprint density at radius 1 is 1.19 bits per heavy atom. The van der Waals surface area contributed by atoms with Gasteiger partial charge in [0.05, 0.1) is 0 Å². The summed E-state index contributed by atoms with van der Waals surface area (Å²) in [6.45, 7) is 2.05. The first-order chi connectivity index (χ1) is 10.3. The molecular weight excluding hydrogens is 270 g/mol. The number of rotatable bonds is 4. The number of ether oxygens (including phenoxy) is 1. The van der Waals surface area contributed by atoms with Crippen LogP contribution in [0.1, 0.15) is 12.5 Å². The number of hydrogen-bond acceptors (Lipinski definition) is 7. The average Bonchev–Trinajstić information content (AvgIpc) is 3.01. The van der Waals surface area contributed by atoms with E-state index in [1.807, 2.05) is 31.2 Å². The van der Waals surface area contributed by atoms with Gasteiger partial charge in [-0.25, -0.2) is 4.98 Å². The molecular formula is C13H13N7O. The third-order valence-electron chi connectivity index (χ3n) is 2.80. The van der Waals surface area contributed by atoms with E-state index in [0.29, 0.717) is 5.75 Å². The van der Waals surface area contributed by atoms with Crippen LogP contribution in [0.25, 0.3) is 5.95 Å². The van der Waals surface area contributed by atoms with Gasteiger partial charge >= 0.3 is 6.01 Å². The minimum Gasteiger partial charge on any atom is -0.424 e. The quantitative estimate of drug-likeness (QED) is 0.771. The molecule has 0 spiro atoms. The Morgan fingerprint density at radius 3 is 2.81 bits per heavy atom. The van der Waals surface area contributed by atoms with Gasteiger partial charge in [-0.3, -0.25) is 0 Å². The van der Waals surface area contributed by atoms with Crippen LogP contribution >= 0.6 is 0 Å². The van der Waals surface area contributed by atoms with Gasteiger partial charge in [-0.05, 0) is 18.1 Å². The number of aromatic nitrogens is 6. The number of aryl methyl sites for hydroxylation is 1. The highest BCUT2D eigenvalue weighted by Gasteiger charge is 2.10. The smallest absolute Gasteiger partial charge is 0.328 e. The topological polar surface area (TPSA) is 105 Å². The number of nitrogens with zero attached hydrogens (tertiary/aromatic N) is 6. The Bertz CT molecular complexity index is 742. The average molecular weight is 283 g/mol. The molecule has 0 fully saturated rings. The highest BCUT2D eigenvalue weighted by atomic mass is 16.5. The molecule has 106 valence electrons. The summed E-state index contributed by atoms with van der Waals surface area (Å²) in [6.07, 6.45) is 3.69. The highest BCUT2D eigenvalue weighted by molar-refractivity contribution is 5.36. The van der Waals surface area contributed by atoms with Gasteiger partial charge in [-0.1, -0.05) is 25.1 Å². The summed E-state index contributed by atoms with van der Waals surface area (Å²) >= 11 is 0. The van der Waals surface area contributed by atoms with Crippen molar-refractivity contribution in [1.29, 1.82) is 0 Å². The Labute approximate surface area is 120 Å². The summed E-state index contributed by atoms with van der Waals surface area (Å²) in [6, 6.07) is 7.80. The van der Waals surface area contributed by atoms with E-state index in [1.54, 1.807) is 0 Å². The second kappa shape index (κ2) is 5.53. The van der Waals surface area contributed by atoms with Crippen molar-refractivity contribution in [3.63, 3.8) is 0 Å². The fourth-order valence-electron chi connectivity index (χ4n) is 1.81. The van der Waals surface area contributed by atoms with Gasteiger partial charge in [-0.15, -0.1) is 0 Å². The third kappa shape index (κ3) is 2.78. The molecule has 0 saturated carbocycles. The summed E-state index contributed by atoms with van der Waals surface area (Å²) in [4.78, 5) is 16.0. The Kier molecular flexibility index (Phi) is 3.42. The zero-order chi connectivity index (χ0) is 14.7. The Hall–Kier alpha value is -3.03. The van der Waals surface area contributed by atoms with Gasteiger partial charge in [-0.2, -0.15) is 24.7 Å². The predicted molar refractivity (Wildman–Crippen MR) is 75.1 cm³/mol. The predicted octanol–water partition coefficient (Wildman–Crippen LogP) is 1.39. The van der Waals surface area contributed by atoms with Crippen LogP contribution in [0.15, 0.2) is 36.9 Å². The lowest BCUT2D eigenvalue weighted by molar-refractivity contribution is 0.434. The van der Waals surface area contributed by atoms with Crippen LogP contribution in [0.5, 0.6) is 11.8 Å². The van der Waals surface area contributed by atoms with E-state index in [9.17, 15) is 0 Å². The van der Waals surface area contributed by atoms with Crippen LogP contribution in [0.3, 0.4) is 0 Å². The molecule has 0 saturated heterocycles. The summed E-state index contributed by atoms with van der Waals surface area (Å²) in [5, 5.41) is 3.95. The van der Waals surface area contributed by atoms with Gasteiger partial charge < -0.3 is 10.5 Å². The van der Waals surface area contributed by atoms with E-state index in [-0.39, 0.29) is 17.9 Å². The molecule has 2 N–H and O–H groups in total. The molecule has 0 aliphatic heterocycles. The van der Waals surface area contributed by atoms with Crippen molar-refractivity contribution in [2.24, 2.45) is 0 Å². The van der Waals surface area contributed by atoms with Gasteiger partial charge in [0.25, 0.3) is 5.95 Å². The molecule has 0 atom stereocenters. The molecule has 0 unspecified atom stereocenters. The van der Waals surface area contributed by atoms with E-state index in [1.165, 1.54) is 17.3 Å². The van der Waals surface area contributed by atoms with Gasteiger partial charge in [0.15, 0.2) is 0 Å². The highest BCUT2D eigenvalue weighted by Crippen LogP contribution is 2.23. The summed E-state index contributed by atoms with van der Waals surface area (Å²) in [7, 11) is 0. The first-order valence-corrected chi connectivity index (χ1v) is 6.38. The summed E-state index contributed by atoms with van der Waals surface area (Å²) in [5.74, 6) is 0.999. The molecule has 3 rings (SSSR count). The van der Waals surface area contributed by atoms with Crippen LogP contribution in [0.2, 0.25) is 0 Å². The fourth-order valence-corrected chi connectivity index (χ4v) is 1.81. The number of hydrogen-bond donors (Lipinski definition) is 1. The second-order valence-corrected chi connectivity index (χ2v) is 4.18. The van der Waals surface area contributed by atoms with Crippen molar-refractivity contribution in [2.75, 3.05) is 5.73 Å². The van der Waals surface area contributed by atoms with Crippen molar-refractivity contribution < 1.29 is 4.74 Å². The molecule has 21 heavy (non-hydrogen) atoms. The fraction of sp³-hybridized carbons (Fsp3) is 0.154. The lowest BCUT2D eigenvalue weighted by Gasteiger charge is -2.09. The lowest BCUT2D eigenvalue weighted by Crippen LogP contribution is -2.08. The molecule has 0 aliphatic rings. The molecule has 2 aromatic heterocycles. The number of para-hydroxylation sites is 1. The molecule has 0 bridgehead atoms. The Balaban J connectivity index is 1.96. The number of anilines is 1. The molecule has 2 heterocycles. The van der Waals surface area contributed by atoms with E-state index in [0.717, 1.165) is 12.0 Å². The van der Waals surface area contributed by atoms with Crippen LogP contribution in [0.4, 0.5) is 5.95 Å². The second-order valence-electron chi connectivity index (χ2n) is 4.18. The standard InChI is InChI=1S/C13H13N7O/c1-2-9-5-3-4-6-10(9)21-13-18-11(14)17-12(19-13)20-8-15-7-16-20/h3-8H,2H2,1H3,(H2,14,17,18,19). The minimum atomic E-state index is 0.0551. The normalized spacial score (nSPS) is 10.5. The van der Waals surface area contributed by atoms with Gasteiger partial charge in [0, 0.05) is 0 Å².